The second-order valence-corrected chi connectivity index (χ2v) is 8.34. The summed E-state index contributed by atoms with van der Waals surface area (Å²) in [5.41, 5.74) is 2.21. The van der Waals surface area contributed by atoms with Crippen LogP contribution in [-0.2, 0) is 9.59 Å². The molecule has 3 aromatic rings. The van der Waals surface area contributed by atoms with Crippen LogP contribution in [0.5, 0.6) is 0 Å². The molecule has 2 heterocycles. The van der Waals surface area contributed by atoms with Crippen LogP contribution >= 0.6 is 11.8 Å². The van der Waals surface area contributed by atoms with Gasteiger partial charge in [0, 0.05) is 10.6 Å². The fourth-order valence-electron chi connectivity index (χ4n) is 3.82. The van der Waals surface area contributed by atoms with Crippen LogP contribution in [0.15, 0.2) is 77.7 Å². The number of nitrogens with zero attached hydrogens (tertiary/aromatic N) is 2. The van der Waals surface area contributed by atoms with E-state index in [0.29, 0.717) is 28.2 Å². The lowest BCUT2D eigenvalue weighted by Crippen LogP contribution is -2.41. The van der Waals surface area contributed by atoms with Gasteiger partial charge in [-0.15, -0.1) is 11.8 Å². The maximum Gasteiger partial charge on any atom is 0.266 e. The fraction of sp³-hybridized carbons (Fsp3) is 0.0833. The number of carbonyl (C=O) groups is 4. The van der Waals surface area contributed by atoms with E-state index >= 15 is 0 Å². The van der Waals surface area contributed by atoms with Crippen LogP contribution in [-0.4, -0.2) is 35.9 Å². The minimum atomic E-state index is -0.401. The molecule has 4 amide bonds. The number of anilines is 3. The summed E-state index contributed by atoms with van der Waals surface area (Å²) >= 11 is 1.45. The Morgan fingerprint density at radius 2 is 1.56 bits per heavy atom. The molecule has 0 saturated heterocycles. The second-order valence-electron chi connectivity index (χ2n) is 7.33. The highest BCUT2D eigenvalue weighted by Crippen LogP contribution is 2.35. The van der Waals surface area contributed by atoms with Crippen molar-refractivity contribution >= 4 is 52.5 Å². The average Bonchev–Trinajstić information content (AvgIpc) is 3.06. The number of hydrogen-bond acceptors (Lipinski definition) is 5. The lowest BCUT2D eigenvalue weighted by molar-refractivity contribution is -0.120. The Balaban J connectivity index is 1.34. The number of nitrogens with one attached hydrogen (secondary N) is 1. The molecule has 2 aliphatic rings. The van der Waals surface area contributed by atoms with Gasteiger partial charge in [-0.2, -0.15) is 0 Å². The van der Waals surface area contributed by atoms with Gasteiger partial charge >= 0.3 is 0 Å². The Bertz CT molecular complexity index is 1250. The molecule has 8 heteroatoms. The molecule has 3 aromatic carbocycles. The lowest BCUT2D eigenvalue weighted by Gasteiger charge is -2.28. The zero-order valence-electron chi connectivity index (χ0n) is 16.8. The van der Waals surface area contributed by atoms with Crippen molar-refractivity contribution in [2.45, 2.75) is 4.90 Å². The van der Waals surface area contributed by atoms with Gasteiger partial charge in [0.25, 0.3) is 11.8 Å². The van der Waals surface area contributed by atoms with E-state index < -0.39 is 11.8 Å². The first-order chi connectivity index (χ1) is 15.5. The molecule has 2 aliphatic heterocycles. The maximum absolute atomic E-state index is 12.7. The zero-order chi connectivity index (χ0) is 22.2. The Hall–Kier alpha value is -3.91. The van der Waals surface area contributed by atoms with E-state index in [2.05, 4.69) is 5.32 Å². The largest absolute Gasteiger partial charge is 0.324 e. The zero-order valence-corrected chi connectivity index (χ0v) is 17.6. The average molecular weight is 443 g/mol. The van der Waals surface area contributed by atoms with Crippen molar-refractivity contribution in [1.29, 1.82) is 0 Å². The third kappa shape index (κ3) is 3.44. The number of amides is 4. The summed E-state index contributed by atoms with van der Waals surface area (Å²) in [7, 11) is 0. The van der Waals surface area contributed by atoms with Crippen molar-refractivity contribution in [1.82, 2.24) is 0 Å². The normalized spacial score (nSPS) is 14.9. The summed E-state index contributed by atoms with van der Waals surface area (Å²) < 4.78 is 0. The molecular weight excluding hydrogens is 426 g/mol. The molecule has 0 spiro atoms. The molecule has 5 rings (SSSR count). The highest BCUT2D eigenvalue weighted by atomic mass is 32.2. The number of imide groups is 1. The number of para-hydroxylation sites is 1. The van der Waals surface area contributed by atoms with Crippen molar-refractivity contribution in [3.8, 4) is 0 Å². The molecule has 0 atom stereocenters. The van der Waals surface area contributed by atoms with E-state index in [9.17, 15) is 19.2 Å². The Morgan fingerprint density at radius 1 is 0.875 bits per heavy atom. The molecule has 0 bridgehead atoms. The van der Waals surface area contributed by atoms with Gasteiger partial charge in [0.15, 0.2) is 0 Å². The molecule has 1 N–H and O–H groups in total. The summed E-state index contributed by atoms with van der Waals surface area (Å²) in [4.78, 5) is 54.1. The molecular formula is C24H17N3O4S. The highest BCUT2D eigenvalue weighted by molar-refractivity contribution is 8.00. The van der Waals surface area contributed by atoms with Crippen LogP contribution in [0.4, 0.5) is 17.1 Å². The molecule has 0 aromatic heterocycles. The Morgan fingerprint density at radius 3 is 2.31 bits per heavy atom. The van der Waals surface area contributed by atoms with Crippen molar-refractivity contribution in [3.05, 3.63) is 83.9 Å². The van der Waals surface area contributed by atoms with Crippen LogP contribution in [0, 0.1) is 0 Å². The molecule has 32 heavy (non-hydrogen) atoms. The molecule has 0 aliphatic carbocycles. The molecule has 0 unspecified atom stereocenters. The topological polar surface area (TPSA) is 86.8 Å². The van der Waals surface area contributed by atoms with Crippen LogP contribution in [0.3, 0.4) is 0 Å². The maximum atomic E-state index is 12.7. The number of hydrogen-bond donors (Lipinski definition) is 1. The number of rotatable bonds is 4. The summed E-state index contributed by atoms with van der Waals surface area (Å²) in [6.45, 7) is -0.131. The first kappa shape index (κ1) is 20.0. The van der Waals surface area contributed by atoms with E-state index in [1.54, 1.807) is 48.5 Å². The summed E-state index contributed by atoms with van der Waals surface area (Å²) in [6, 6.07) is 20.6. The van der Waals surface area contributed by atoms with Gasteiger partial charge in [-0.1, -0.05) is 30.3 Å². The molecule has 0 saturated carbocycles. The predicted molar refractivity (Wildman–Crippen MR) is 122 cm³/mol. The highest BCUT2D eigenvalue weighted by Gasteiger charge is 2.36. The smallest absolute Gasteiger partial charge is 0.266 e. The number of fused-ring (bicyclic) bond motifs is 2. The quantitative estimate of drug-likeness (QED) is 0.623. The van der Waals surface area contributed by atoms with Crippen LogP contribution in [0.25, 0.3) is 0 Å². The summed E-state index contributed by atoms with van der Waals surface area (Å²) in [5, 5.41) is 2.77. The van der Waals surface area contributed by atoms with E-state index in [-0.39, 0.29) is 24.1 Å². The minimum Gasteiger partial charge on any atom is -0.324 e. The van der Waals surface area contributed by atoms with Gasteiger partial charge in [0.05, 0.1) is 28.3 Å². The van der Waals surface area contributed by atoms with Gasteiger partial charge in [-0.25, -0.2) is 4.90 Å². The van der Waals surface area contributed by atoms with Gasteiger partial charge in [-0.05, 0) is 42.5 Å². The van der Waals surface area contributed by atoms with Crippen molar-refractivity contribution in [2.75, 3.05) is 27.4 Å². The van der Waals surface area contributed by atoms with Crippen LogP contribution < -0.4 is 15.1 Å². The Labute approximate surface area is 188 Å². The molecule has 0 fully saturated rings. The molecule has 7 nitrogen and oxygen atoms in total. The third-order valence-electron chi connectivity index (χ3n) is 5.29. The van der Waals surface area contributed by atoms with Crippen LogP contribution in [0.1, 0.15) is 20.7 Å². The molecule has 0 radical (unpaired) electrons. The van der Waals surface area contributed by atoms with E-state index in [1.807, 2.05) is 24.3 Å². The van der Waals surface area contributed by atoms with Gasteiger partial charge in [0.2, 0.25) is 11.8 Å². The van der Waals surface area contributed by atoms with Gasteiger partial charge < -0.3 is 10.2 Å². The van der Waals surface area contributed by atoms with Gasteiger partial charge in [0.1, 0.15) is 6.54 Å². The van der Waals surface area contributed by atoms with Crippen molar-refractivity contribution in [3.63, 3.8) is 0 Å². The second kappa shape index (κ2) is 7.97. The first-order valence-electron chi connectivity index (χ1n) is 9.93. The number of carbonyl (C=O) groups excluding carboxylic acids is 4. The monoisotopic (exact) mass is 443 g/mol. The molecule has 158 valence electrons. The van der Waals surface area contributed by atoms with Crippen molar-refractivity contribution in [2.24, 2.45) is 0 Å². The first-order valence-corrected chi connectivity index (χ1v) is 10.9. The number of benzene rings is 3. The lowest BCUT2D eigenvalue weighted by atomic mass is 10.1. The summed E-state index contributed by atoms with van der Waals surface area (Å²) in [6.07, 6.45) is 0. The van der Waals surface area contributed by atoms with E-state index in [0.717, 1.165) is 9.80 Å². The SMILES string of the molecule is O=C(CN1C(=O)CSc2ccccc21)Nc1cccc(N2C(=O)c3ccccc3C2=O)c1. The van der Waals surface area contributed by atoms with Crippen molar-refractivity contribution < 1.29 is 19.2 Å². The summed E-state index contributed by atoms with van der Waals surface area (Å²) in [5.74, 6) is -1.04. The van der Waals surface area contributed by atoms with Crippen LogP contribution in [0.2, 0.25) is 0 Å². The fourth-order valence-corrected chi connectivity index (χ4v) is 4.75. The van der Waals surface area contributed by atoms with E-state index in [1.165, 1.54) is 16.7 Å². The predicted octanol–water partition coefficient (Wildman–Crippen LogP) is 3.56. The third-order valence-corrected chi connectivity index (χ3v) is 6.34. The van der Waals surface area contributed by atoms with E-state index in [4.69, 9.17) is 0 Å². The minimum absolute atomic E-state index is 0.131. The van der Waals surface area contributed by atoms with Gasteiger partial charge in [-0.3, -0.25) is 19.2 Å². The number of thioether (sulfide) groups is 1. The standard InChI is InChI=1S/C24H17N3O4S/c28-21(13-26-19-10-3-4-11-20(19)32-14-22(26)29)25-15-6-5-7-16(12-15)27-23(30)17-8-1-2-9-18(17)24(27)31/h1-12H,13-14H2,(H,25,28). The Kier molecular flexibility index (Phi) is 4.99.